The zero-order chi connectivity index (χ0) is 15.2. The summed E-state index contributed by atoms with van der Waals surface area (Å²) in [5.74, 6) is 0.949. The first-order valence-corrected chi connectivity index (χ1v) is 8.05. The summed E-state index contributed by atoms with van der Waals surface area (Å²) in [5, 5.41) is 3.48. The van der Waals surface area contributed by atoms with E-state index in [4.69, 9.17) is 4.74 Å². The minimum atomic E-state index is 0.182. The Kier molecular flexibility index (Phi) is 5.83. The second-order valence-corrected chi connectivity index (χ2v) is 6.42. The van der Waals surface area contributed by atoms with Crippen LogP contribution in [0.3, 0.4) is 0 Å². The number of benzene rings is 2. The summed E-state index contributed by atoms with van der Waals surface area (Å²) in [6.45, 7) is 7.84. The molecule has 0 saturated heterocycles. The maximum Gasteiger partial charge on any atom is 0.124 e. The quantitative estimate of drug-likeness (QED) is 0.807. The maximum atomic E-state index is 5.86. The van der Waals surface area contributed by atoms with E-state index in [0.717, 1.165) is 23.3 Å². The lowest BCUT2D eigenvalue weighted by Crippen LogP contribution is -2.15. The molecule has 112 valence electrons. The van der Waals surface area contributed by atoms with Gasteiger partial charge in [-0.25, -0.2) is 0 Å². The van der Waals surface area contributed by atoms with Gasteiger partial charge in [0, 0.05) is 23.1 Å². The van der Waals surface area contributed by atoms with Crippen molar-refractivity contribution in [2.45, 2.75) is 40.0 Å². The molecule has 0 aromatic heterocycles. The molecule has 0 amide bonds. The van der Waals surface area contributed by atoms with Crippen LogP contribution >= 0.6 is 15.9 Å². The Morgan fingerprint density at radius 1 is 1.05 bits per heavy atom. The summed E-state index contributed by atoms with van der Waals surface area (Å²) in [5.41, 5.74) is 3.76. The van der Waals surface area contributed by atoms with Crippen LogP contribution in [0, 0.1) is 6.92 Å². The molecule has 2 aromatic rings. The number of hydrogen-bond acceptors (Lipinski definition) is 2. The lowest BCUT2D eigenvalue weighted by atomic mass is 10.1. The zero-order valence-corrected chi connectivity index (χ0v) is 14.4. The summed E-state index contributed by atoms with van der Waals surface area (Å²) < 4.78 is 6.93. The maximum absolute atomic E-state index is 5.86. The lowest BCUT2D eigenvalue weighted by Gasteiger charge is -2.15. The average Bonchev–Trinajstić information content (AvgIpc) is 2.43. The molecule has 3 heteroatoms. The van der Waals surface area contributed by atoms with Crippen LogP contribution in [-0.4, -0.2) is 6.10 Å². The summed E-state index contributed by atoms with van der Waals surface area (Å²) >= 11 is 3.52. The number of aryl methyl sites for hydroxylation is 1. The minimum Gasteiger partial charge on any atom is -0.491 e. The second kappa shape index (κ2) is 7.62. The first-order valence-electron chi connectivity index (χ1n) is 7.26. The van der Waals surface area contributed by atoms with E-state index in [2.05, 4.69) is 58.5 Å². The Morgan fingerprint density at radius 2 is 1.76 bits per heavy atom. The van der Waals surface area contributed by atoms with E-state index in [-0.39, 0.29) is 6.10 Å². The molecule has 0 aliphatic carbocycles. The topological polar surface area (TPSA) is 21.3 Å². The molecule has 21 heavy (non-hydrogen) atoms. The Labute approximate surface area is 135 Å². The van der Waals surface area contributed by atoms with Crippen molar-refractivity contribution in [2.75, 3.05) is 0 Å². The van der Waals surface area contributed by atoms with Crippen molar-refractivity contribution in [1.29, 1.82) is 0 Å². The fraction of sp³-hybridized carbons (Fsp3) is 0.333. The van der Waals surface area contributed by atoms with Crippen molar-refractivity contribution in [3.63, 3.8) is 0 Å². The predicted molar refractivity (Wildman–Crippen MR) is 91.6 cm³/mol. The molecule has 0 atom stereocenters. The molecule has 1 N–H and O–H groups in total. The van der Waals surface area contributed by atoms with Crippen molar-refractivity contribution in [1.82, 2.24) is 5.32 Å². The van der Waals surface area contributed by atoms with Gasteiger partial charge in [-0.05, 0) is 44.5 Å². The number of ether oxygens (including phenoxy) is 1. The number of halogens is 1. The smallest absolute Gasteiger partial charge is 0.124 e. The molecule has 2 aromatic carbocycles. The highest BCUT2D eigenvalue weighted by Crippen LogP contribution is 2.24. The van der Waals surface area contributed by atoms with Crippen molar-refractivity contribution in [3.05, 3.63) is 63.6 Å². The van der Waals surface area contributed by atoms with E-state index in [0.29, 0.717) is 0 Å². The third-order valence-corrected chi connectivity index (χ3v) is 3.64. The fourth-order valence-corrected chi connectivity index (χ4v) is 2.51. The molecule has 0 radical (unpaired) electrons. The van der Waals surface area contributed by atoms with Gasteiger partial charge in [-0.2, -0.15) is 0 Å². The molecular formula is C18H22BrNO. The van der Waals surface area contributed by atoms with Gasteiger partial charge in [0.05, 0.1) is 6.10 Å². The summed E-state index contributed by atoms with van der Waals surface area (Å²) in [4.78, 5) is 0. The Hall–Kier alpha value is -1.32. The molecule has 0 aliphatic heterocycles. The molecule has 0 heterocycles. The third-order valence-electron chi connectivity index (χ3n) is 3.15. The predicted octanol–water partition coefficient (Wildman–Crippen LogP) is 4.83. The van der Waals surface area contributed by atoms with E-state index >= 15 is 0 Å². The SMILES string of the molecule is Cc1ccc(CNCc2cc(Br)ccc2OC(C)C)cc1. The minimum absolute atomic E-state index is 0.182. The molecule has 0 fully saturated rings. The van der Waals surface area contributed by atoms with Gasteiger partial charge in [0.25, 0.3) is 0 Å². The highest BCUT2D eigenvalue weighted by atomic mass is 79.9. The molecule has 0 unspecified atom stereocenters. The first-order chi connectivity index (χ1) is 10.0. The summed E-state index contributed by atoms with van der Waals surface area (Å²) in [6.07, 6.45) is 0.182. The van der Waals surface area contributed by atoms with Crippen molar-refractivity contribution in [2.24, 2.45) is 0 Å². The second-order valence-electron chi connectivity index (χ2n) is 5.51. The van der Waals surface area contributed by atoms with Crippen molar-refractivity contribution in [3.8, 4) is 5.75 Å². The van der Waals surface area contributed by atoms with Crippen LogP contribution in [0.5, 0.6) is 5.75 Å². The van der Waals surface area contributed by atoms with Crippen LogP contribution in [0.1, 0.15) is 30.5 Å². The highest BCUT2D eigenvalue weighted by Gasteiger charge is 2.06. The largest absolute Gasteiger partial charge is 0.491 e. The van der Waals surface area contributed by atoms with E-state index in [1.54, 1.807) is 0 Å². The van der Waals surface area contributed by atoms with E-state index in [1.165, 1.54) is 16.7 Å². The van der Waals surface area contributed by atoms with Gasteiger partial charge in [0.15, 0.2) is 0 Å². The molecule has 0 saturated carbocycles. The van der Waals surface area contributed by atoms with Crippen LogP contribution in [0.15, 0.2) is 46.9 Å². The van der Waals surface area contributed by atoms with E-state index in [9.17, 15) is 0 Å². The Balaban J connectivity index is 1.98. The molecule has 0 spiro atoms. The Bertz CT molecular complexity index is 578. The van der Waals surface area contributed by atoms with Gasteiger partial charge in [-0.3, -0.25) is 0 Å². The van der Waals surface area contributed by atoms with E-state index in [1.807, 2.05) is 26.0 Å². The summed E-state index contributed by atoms with van der Waals surface area (Å²) in [7, 11) is 0. The number of hydrogen-bond donors (Lipinski definition) is 1. The van der Waals surface area contributed by atoms with Gasteiger partial charge in [-0.1, -0.05) is 45.8 Å². The van der Waals surface area contributed by atoms with Gasteiger partial charge in [0.1, 0.15) is 5.75 Å². The molecule has 2 rings (SSSR count). The third kappa shape index (κ3) is 5.18. The van der Waals surface area contributed by atoms with E-state index < -0.39 is 0 Å². The monoisotopic (exact) mass is 347 g/mol. The van der Waals surface area contributed by atoms with Gasteiger partial charge >= 0.3 is 0 Å². The van der Waals surface area contributed by atoms with Crippen LogP contribution in [0.2, 0.25) is 0 Å². The Morgan fingerprint density at radius 3 is 2.43 bits per heavy atom. The first kappa shape index (κ1) is 16.1. The zero-order valence-electron chi connectivity index (χ0n) is 12.8. The summed E-state index contributed by atoms with van der Waals surface area (Å²) in [6, 6.07) is 14.8. The average molecular weight is 348 g/mol. The van der Waals surface area contributed by atoms with Crippen LogP contribution in [0.4, 0.5) is 0 Å². The van der Waals surface area contributed by atoms with Crippen LogP contribution < -0.4 is 10.1 Å². The van der Waals surface area contributed by atoms with Gasteiger partial charge in [-0.15, -0.1) is 0 Å². The highest BCUT2D eigenvalue weighted by molar-refractivity contribution is 9.10. The van der Waals surface area contributed by atoms with Crippen LogP contribution in [-0.2, 0) is 13.1 Å². The molecule has 2 nitrogen and oxygen atoms in total. The lowest BCUT2D eigenvalue weighted by molar-refractivity contribution is 0.239. The van der Waals surface area contributed by atoms with Crippen molar-refractivity contribution < 1.29 is 4.74 Å². The van der Waals surface area contributed by atoms with Crippen molar-refractivity contribution >= 4 is 15.9 Å². The van der Waals surface area contributed by atoms with Crippen LogP contribution in [0.25, 0.3) is 0 Å². The van der Waals surface area contributed by atoms with Gasteiger partial charge < -0.3 is 10.1 Å². The number of rotatable bonds is 6. The number of nitrogens with one attached hydrogen (secondary N) is 1. The molecule has 0 aliphatic rings. The molecular weight excluding hydrogens is 326 g/mol. The standard InChI is InChI=1S/C18H22BrNO/c1-13(2)21-18-9-8-17(19)10-16(18)12-20-11-15-6-4-14(3)5-7-15/h4-10,13,20H,11-12H2,1-3H3. The van der Waals surface area contributed by atoms with Gasteiger partial charge in [0.2, 0.25) is 0 Å². The molecule has 0 bridgehead atoms. The normalized spacial score (nSPS) is 10.9. The fourth-order valence-electron chi connectivity index (χ4n) is 2.10.